The Morgan fingerprint density at radius 1 is 1.07 bits per heavy atom. The summed E-state index contributed by atoms with van der Waals surface area (Å²) in [4.78, 5) is 41.7. The molecule has 1 aromatic rings. The van der Waals surface area contributed by atoms with E-state index in [9.17, 15) is 14.4 Å². The summed E-state index contributed by atoms with van der Waals surface area (Å²) >= 11 is 0. The highest BCUT2D eigenvalue weighted by atomic mass is 16.2. The van der Waals surface area contributed by atoms with Crippen LogP contribution in [0.2, 0.25) is 0 Å². The molecule has 152 valence electrons. The van der Waals surface area contributed by atoms with Crippen LogP contribution in [0.4, 0.5) is 0 Å². The van der Waals surface area contributed by atoms with Crippen LogP contribution < -0.4 is 5.32 Å². The molecule has 3 rings (SSSR count). The highest BCUT2D eigenvalue weighted by molar-refractivity contribution is 5.97. The van der Waals surface area contributed by atoms with Crippen molar-refractivity contribution in [2.24, 2.45) is 5.92 Å². The summed E-state index contributed by atoms with van der Waals surface area (Å²) in [5, 5.41) is 3.03. The molecule has 0 aromatic heterocycles. The summed E-state index contributed by atoms with van der Waals surface area (Å²) in [7, 11) is 0. The zero-order valence-corrected chi connectivity index (χ0v) is 16.9. The second kappa shape index (κ2) is 9.22. The van der Waals surface area contributed by atoms with Gasteiger partial charge in [-0.3, -0.25) is 14.4 Å². The minimum Gasteiger partial charge on any atom is -0.343 e. The normalized spacial score (nSPS) is 18.8. The van der Waals surface area contributed by atoms with Gasteiger partial charge in [0.15, 0.2) is 0 Å². The van der Waals surface area contributed by atoms with Crippen molar-refractivity contribution < 1.29 is 14.4 Å². The monoisotopic (exact) mass is 385 g/mol. The minimum atomic E-state index is -0.523. The van der Waals surface area contributed by atoms with E-state index in [-0.39, 0.29) is 23.6 Å². The van der Waals surface area contributed by atoms with Crippen molar-refractivity contribution in [1.82, 2.24) is 15.1 Å². The van der Waals surface area contributed by atoms with E-state index in [0.29, 0.717) is 25.1 Å². The van der Waals surface area contributed by atoms with Crippen LogP contribution in [0.15, 0.2) is 24.3 Å². The molecule has 1 unspecified atom stereocenters. The maximum atomic E-state index is 13.2. The maximum absolute atomic E-state index is 13.2. The molecule has 1 aromatic carbocycles. The Morgan fingerprint density at radius 2 is 1.75 bits per heavy atom. The third kappa shape index (κ3) is 4.72. The molecule has 0 saturated carbocycles. The minimum absolute atomic E-state index is 0.0266. The first kappa shape index (κ1) is 20.4. The zero-order chi connectivity index (χ0) is 20.1. The predicted molar refractivity (Wildman–Crippen MR) is 108 cm³/mol. The van der Waals surface area contributed by atoms with Crippen molar-refractivity contribution in [2.75, 3.05) is 26.2 Å². The lowest BCUT2D eigenvalue weighted by Gasteiger charge is -2.37. The lowest BCUT2D eigenvalue weighted by molar-refractivity contribution is -0.135. The van der Waals surface area contributed by atoms with E-state index in [1.54, 1.807) is 6.07 Å². The van der Waals surface area contributed by atoms with Gasteiger partial charge in [0.25, 0.3) is 5.91 Å². The Labute approximate surface area is 167 Å². The molecule has 2 aliphatic heterocycles. The smallest absolute Gasteiger partial charge is 0.251 e. The first-order chi connectivity index (χ1) is 13.5. The Kier molecular flexibility index (Phi) is 6.70. The highest BCUT2D eigenvalue weighted by Gasteiger charge is 2.36. The van der Waals surface area contributed by atoms with Crippen LogP contribution in [0.5, 0.6) is 0 Å². The standard InChI is InChI=1S/C22H31N3O3/c1-3-19(26)24-13-9-17(10-14-24)20(22(28)25-11-4-5-12-25)23-21(27)18-8-6-7-16(2)15-18/h6-8,15,17,20H,3-5,9-14H2,1-2H3,(H,23,27). The van der Waals surface area contributed by atoms with Crippen molar-refractivity contribution in [2.45, 2.75) is 52.0 Å². The Balaban J connectivity index is 1.73. The number of carbonyl (C=O) groups is 3. The molecule has 0 spiro atoms. The van der Waals surface area contributed by atoms with Gasteiger partial charge in [0.1, 0.15) is 6.04 Å². The summed E-state index contributed by atoms with van der Waals surface area (Å²) in [6.45, 7) is 6.66. The third-order valence-electron chi connectivity index (χ3n) is 5.92. The molecular formula is C22H31N3O3. The van der Waals surface area contributed by atoms with Crippen LogP contribution >= 0.6 is 0 Å². The molecule has 6 nitrogen and oxygen atoms in total. The van der Waals surface area contributed by atoms with E-state index in [1.165, 1.54) is 0 Å². The number of nitrogens with one attached hydrogen (secondary N) is 1. The van der Waals surface area contributed by atoms with Gasteiger partial charge in [-0.2, -0.15) is 0 Å². The van der Waals surface area contributed by atoms with Crippen LogP contribution in [0, 0.1) is 12.8 Å². The molecule has 0 aliphatic carbocycles. The number of carbonyl (C=O) groups excluding carboxylic acids is 3. The summed E-state index contributed by atoms with van der Waals surface area (Å²) in [6.07, 6.45) is 4.03. The summed E-state index contributed by atoms with van der Waals surface area (Å²) in [5.41, 5.74) is 1.60. The number of nitrogens with zero attached hydrogens (tertiary/aromatic N) is 2. The van der Waals surface area contributed by atoms with Crippen LogP contribution in [0.1, 0.15) is 54.9 Å². The number of benzene rings is 1. The fourth-order valence-corrected chi connectivity index (χ4v) is 4.23. The second-order valence-electron chi connectivity index (χ2n) is 7.92. The van der Waals surface area contributed by atoms with Crippen molar-refractivity contribution in [3.63, 3.8) is 0 Å². The number of amides is 3. The molecule has 1 atom stereocenters. The first-order valence-corrected chi connectivity index (χ1v) is 10.4. The second-order valence-corrected chi connectivity index (χ2v) is 7.92. The van der Waals surface area contributed by atoms with Crippen LogP contribution in [0.3, 0.4) is 0 Å². The quantitative estimate of drug-likeness (QED) is 0.846. The molecule has 3 amide bonds. The molecule has 2 aliphatic rings. The molecule has 0 radical (unpaired) electrons. The molecule has 1 N–H and O–H groups in total. The largest absolute Gasteiger partial charge is 0.343 e. The van der Waals surface area contributed by atoms with E-state index >= 15 is 0 Å². The van der Waals surface area contributed by atoms with E-state index in [2.05, 4.69) is 5.32 Å². The van der Waals surface area contributed by atoms with Gasteiger partial charge in [-0.05, 0) is 50.7 Å². The van der Waals surface area contributed by atoms with Gasteiger partial charge in [-0.1, -0.05) is 24.6 Å². The van der Waals surface area contributed by atoms with E-state index in [4.69, 9.17) is 0 Å². The summed E-state index contributed by atoms with van der Waals surface area (Å²) < 4.78 is 0. The molecule has 2 saturated heterocycles. The number of hydrogen-bond donors (Lipinski definition) is 1. The number of rotatable bonds is 5. The zero-order valence-electron chi connectivity index (χ0n) is 16.9. The van der Waals surface area contributed by atoms with Crippen molar-refractivity contribution in [3.05, 3.63) is 35.4 Å². The van der Waals surface area contributed by atoms with Gasteiger partial charge in [0, 0.05) is 38.2 Å². The van der Waals surface area contributed by atoms with Crippen LogP contribution in [0.25, 0.3) is 0 Å². The Morgan fingerprint density at radius 3 is 2.36 bits per heavy atom. The fraction of sp³-hybridized carbons (Fsp3) is 0.591. The Hall–Kier alpha value is -2.37. The lowest BCUT2D eigenvalue weighted by atomic mass is 9.88. The van der Waals surface area contributed by atoms with Crippen molar-refractivity contribution in [1.29, 1.82) is 0 Å². The highest BCUT2D eigenvalue weighted by Crippen LogP contribution is 2.24. The van der Waals surface area contributed by atoms with Gasteiger partial charge < -0.3 is 15.1 Å². The lowest BCUT2D eigenvalue weighted by Crippen LogP contribution is -2.54. The number of hydrogen-bond acceptors (Lipinski definition) is 3. The fourth-order valence-electron chi connectivity index (χ4n) is 4.23. The predicted octanol–water partition coefficient (Wildman–Crippen LogP) is 2.36. The number of likely N-dealkylation sites (tertiary alicyclic amines) is 2. The van der Waals surface area contributed by atoms with E-state index in [0.717, 1.165) is 44.3 Å². The van der Waals surface area contributed by atoms with Gasteiger partial charge in [-0.25, -0.2) is 0 Å². The van der Waals surface area contributed by atoms with Crippen molar-refractivity contribution in [3.8, 4) is 0 Å². The SMILES string of the molecule is CCC(=O)N1CCC(C(NC(=O)c2cccc(C)c2)C(=O)N2CCCC2)CC1. The topological polar surface area (TPSA) is 69.7 Å². The van der Waals surface area contributed by atoms with Gasteiger partial charge >= 0.3 is 0 Å². The van der Waals surface area contributed by atoms with Gasteiger partial charge in [0.05, 0.1) is 0 Å². The molecule has 28 heavy (non-hydrogen) atoms. The molecule has 2 heterocycles. The number of piperidine rings is 1. The summed E-state index contributed by atoms with van der Waals surface area (Å²) in [6, 6.07) is 6.91. The third-order valence-corrected chi connectivity index (χ3v) is 5.92. The summed E-state index contributed by atoms with van der Waals surface area (Å²) in [5.74, 6) is 0.0412. The first-order valence-electron chi connectivity index (χ1n) is 10.4. The molecular weight excluding hydrogens is 354 g/mol. The molecule has 2 fully saturated rings. The van der Waals surface area contributed by atoms with Gasteiger partial charge in [0.2, 0.25) is 11.8 Å². The maximum Gasteiger partial charge on any atom is 0.251 e. The van der Waals surface area contributed by atoms with Crippen LogP contribution in [-0.4, -0.2) is 59.7 Å². The molecule has 6 heteroatoms. The molecule has 0 bridgehead atoms. The number of aryl methyl sites for hydroxylation is 1. The Bertz CT molecular complexity index is 719. The average molecular weight is 386 g/mol. The van der Waals surface area contributed by atoms with E-state index < -0.39 is 6.04 Å². The van der Waals surface area contributed by atoms with Gasteiger partial charge in [-0.15, -0.1) is 0 Å². The average Bonchev–Trinajstić information content (AvgIpc) is 3.26. The van der Waals surface area contributed by atoms with Crippen LogP contribution in [-0.2, 0) is 9.59 Å². The van der Waals surface area contributed by atoms with Crippen molar-refractivity contribution >= 4 is 17.7 Å². The van der Waals surface area contributed by atoms with E-state index in [1.807, 2.05) is 41.8 Å².